The minimum Gasteiger partial charge on any atom is -0.169 e. The zero-order valence-electron chi connectivity index (χ0n) is 6.88. The molecule has 1 rings (SSSR count). The zero-order valence-corrected chi connectivity index (χ0v) is 9.29. The van der Waals surface area contributed by atoms with Gasteiger partial charge in [0.05, 0.1) is 0 Å². The van der Waals surface area contributed by atoms with Crippen LogP contribution in [0.15, 0.2) is 30.3 Å². The summed E-state index contributed by atoms with van der Waals surface area (Å²) < 4.78 is 36.8. The molecule has 0 aliphatic heterocycles. The third-order valence-corrected chi connectivity index (χ3v) is 3.33. The lowest BCUT2D eigenvalue weighted by Crippen LogP contribution is -2.30. The Balaban J connectivity index is 2.87. The highest BCUT2D eigenvalue weighted by atomic mass is 79.9. The van der Waals surface area contributed by atoms with Crippen LogP contribution in [0, 0.1) is 0 Å². The average Bonchev–Trinajstić information content (AvgIpc) is 2.15. The lowest BCUT2D eigenvalue weighted by molar-refractivity contribution is -0.114. The summed E-state index contributed by atoms with van der Waals surface area (Å²) in [5, 5.41) is 0. The lowest BCUT2D eigenvalue weighted by atomic mass is 10.1. The van der Waals surface area contributed by atoms with Gasteiger partial charge in [-0.3, -0.25) is 0 Å². The van der Waals surface area contributed by atoms with Crippen LogP contribution in [0.4, 0.5) is 13.2 Å². The second-order valence-corrected chi connectivity index (χ2v) is 3.99. The number of thiocarbonyl (C=S) groups is 1. The summed E-state index contributed by atoms with van der Waals surface area (Å²) in [6, 6.07) is 8.14. The fourth-order valence-electron chi connectivity index (χ4n) is 0.897. The SMILES string of the molecule is FC(F)(F)C(Br)C(=S)c1ccccc1. The highest BCUT2D eigenvalue weighted by molar-refractivity contribution is 9.10. The molecule has 0 aliphatic carbocycles. The Bertz CT molecular complexity index is 321. The van der Waals surface area contributed by atoms with Crippen molar-refractivity contribution in [1.82, 2.24) is 0 Å². The Kier molecular flexibility index (Phi) is 3.66. The smallest absolute Gasteiger partial charge is 0.169 e. The predicted octanol–water partition coefficient (Wildman–Crippen LogP) is 3.73. The molecule has 1 aromatic carbocycles. The van der Waals surface area contributed by atoms with Gasteiger partial charge in [0.2, 0.25) is 0 Å². The number of hydrogen-bond acceptors (Lipinski definition) is 1. The standard InChI is InChI=1S/C9H6BrF3S/c10-8(9(11,12)13)7(14)6-4-2-1-3-5-6/h1-5,8H. The van der Waals surface area contributed by atoms with E-state index in [1.54, 1.807) is 30.3 Å². The van der Waals surface area contributed by atoms with Crippen LogP contribution in [0.5, 0.6) is 0 Å². The molecule has 0 nitrogen and oxygen atoms in total. The van der Waals surface area contributed by atoms with Gasteiger partial charge in [-0.05, 0) is 5.56 Å². The molecule has 0 spiro atoms. The fraction of sp³-hybridized carbons (Fsp3) is 0.222. The van der Waals surface area contributed by atoms with Gasteiger partial charge in [0, 0.05) is 4.86 Å². The van der Waals surface area contributed by atoms with Crippen molar-refractivity contribution in [1.29, 1.82) is 0 Å². The van der Waals surface area contributed by atoms with Crippen molar-refractivity contribution in [3.8, 4) is 0 Å². The van der Waals surface area contributed by atoms with Crippen LogP contribution in [0.1, 0.15) is 5.56 Å². The van der Waals surface area contributed by atoms with Crippen LogP contribution >= 0.6 is 28.1 Å². The Hall–Kier alpha value is -0.420. The summed E-state index contributed by atoms with van der Waals surface area (Å²) in [6.07, 6.45) is -4.34. The molecule has 5 heteroatoms. The van der Waals surface area contributed by atoms with Crippen molar-refractivity contribution < 1.29 is 13.2 Å². The third-order valence-electron chi connectivity index (χ3n) is 1.58. The minimum atomic E-state index is -4.34. The van der Waals surface area contributed by atoms with Gasteiger partial charge in [-0.15, -0.1) is 0 Å². The van der Waals surface area contributed by atoms with Crippen molar-refractivity contribution in [3.05, 3.63) is 35.9 Å². The Morgan fingerprint density at radius 2 is 1.71 bits per heavy atom. The average molecular weight is 283 g/mol. The van der Waals surface area contributed by atoms with E-state index in [2.05, 4.69) is 15.9 Å². The second-order valence-electron chi connectivity index (χ2n) is 2.63. The maximum Gasteiger partial charge on any atom is 0.406 e. The first kappa shape index (κ1) is 11.7. The molecule has 0 aliphatic rings. The van der Waals surface area contributed by atoms with E-state index in [0.29, 0.717) is 5.56 Å². The molecule has 1 atom stereocenters. The van der Waals surface area contributed by atoms with Crippen molar-refractivity contribution in [2.75, 3.05) is 0 Å². The number of halogens is 4. The number of alkyl halides is 4. The maximum absolute atomic E-state index is 12.3. The largest absolute Gasteiger partial charge is 0.406 e. The third kappa shape index (κ3) is 2.78. The molecule has 0 saturated carbocycles. The van der Waals surface area contributed by atoms with E-state index in [-0.39, 0.29) is 4.86 Å². The van der Waals surface area contributed by atoms with Crippen LogP contribution in [0.25, 0.3) is 0 Å². The van der Waals surface area contributed by atoms with Gasteiger partial charge in [-0.1, -0.05) is 58.5 Å². The Morgan fingerprint density at radius 3 is 2.14 bits per heavy atom. The molecule has 0 radical (unpaired) electrons. The van der Waals surface area contributed by atoms with E-state index < -0.39 is 11.0 Å². The van der Waals surface area contributed by atoms with Crippen LogP contribution in [0.2, 0.25) is 0 Å². The monoisotopic (exact) mass is 282 g/mol. The van der Waals surface area contributed by atoms with Gasteiger partial charge < -0.3 is 0 Å². The highest BCUT2D eigenvalue weighted by Gasteiger charge is 2.40. The van der Waals surface area contributed by atoms with Crippen molar-refractivity contribution in [2.45, 2.75) is 11.0 Å². The van der Waals surface area contributed by atoms with E-state index >= 15 is 0 Å². The van der Waals surface area contributed by atoms with Gasteiger partial charge in [0.1, 0.15) is 4.83 Å². The van der Waals surface area contributed by atoms with Crippen molar-refractivity contribution >= 4 is 33.0 Å². The second kappa shape index (κ2) is 4.40. The molecule has 14 heavy (non-hydrogen) atoms. The minimum absolute atomic E-state index is 0.141. The first-order valence-corrected chi connectivity index (χ1v) is 5.05. The van der Waals surface area contributed by atoms with Gasteiger partial charge in [-0.2, -0.15) is 13.2 Å². The molecule has 1 aromatic rings. The first-order chi connectivity index (χ1) is 6.43. The van der Waals surface area contributed by atoms with Gasteiger partial charge in [-0.25, -0.2) is 0 Å². The summed E-state index contributed by atoms with van der Waals surface area (Å²) >= 11 is 7.26. The molecule has 76 valence electrons. The molecule has 0 N–H and O–H groups in total. The summed E-state index contributed by atoms with van der Waals surface area (Å²) in [5.74, 6) is 0. The molecular formula is C9H6BrF3S. The van der Waals surface area contributed by atoms with Gasteiger partial charge in [0.15, 0.2) is 0 Å². The Labute approximate surface area is 93.2 Å². The number of rotatable bonds is 2. The molecule has 0 saturated heterocycles. The van der Waals surface area contributed by atoms with Gasteiger partial charge in [0.25, 0.3) is 0 Å². The quantitative estimate of drug-likeness (QED) is 0.453. The molecule has 0 fully saturated rings. The normalized spacial score (nSPS) is 13.7. The molecule has 0 bridgehead atoms. The molecular weight excluding hydrogens is 277 g/mol. The number of benzene rings is 1. The van der Waals surface area contributed by atoms with E-state index in [9.17, 15) is 13.2 Å². The van der Waals surface area contributed by atoms with Crippen molar-refractivity contribution in [3.63, 3.8) is 0 Å². The topological polar surface area (TPSA) is 0 Å². The molecule has 0 heterocycles. The maximum atomic E-state index is 12.3. The van der Waals surface area contributed by atoms with Crippen LogP contribution in [-0.4, -0.2) is 15.9 Å². The zero-order chi connectivity index (χ0) is 10.8. The molecule has 1 unspecified atom stereocenters. The van der Waals surface area contributed by atoms with Gasteiger partial charge >= 0.3 is 6.18 Å². The fourth-order valence-corrected chi connectivity index (χ4v) is 1.43. The Morgan fingerprint density at radius 1 is 1.21 bits per heavy atom. The van der Waals surface area contributed by atoms with Crippen LogP contribution in [-0.2, 0) is 0 Å². The summed E-state index contributed by atoms with van der Waals surface area (Å²) in [6.45, 7) is 0. The summed E-state index contributed by atoms with van der Waals surface area (Å²) in [4.78, 5) is -1.90. The van der Waals surface area contributed by atoms with E-state index in [0.717, 1.165) is 0 Å². The lowest BCUT2D eigenvalue weighted by Gasteiger charge is -2.14. The van der Waals surface area contributed by atoms with E-state index in [1.165, 1.54) is 0 Å². The molecule has 0 aromatic heterocycles. The van der Waals surface area contributed by atoms with Crippen LogP contribution in [0.3, 0.4) is 0 Å². The summed E-state index contributed by atoms with van der Waals surface area (Å²) in [7, 11) is 0. The first-order valence-electron chi connectivity index (χ1n) is 3.73. The summed E-state index contributed by atoms with van der Waals surface area (Å²) in [5.41, 5.74) is 0.418. The van der Waals surface area contributed by atoms with E-state index in [1.807, 2.05) is 0 Å². The van der Waals surface area contributed by atoms with E-state index in [4.69, 9.17) is 12.2 Å². The van der Waals surface area contributed by atoms with Crippen LogP contribution < -0.4 is 0 Å². The molecule has 0 amide bonds. The predicted molar refractivity (Wildman–Crippen MR) is 56.9 cm³/mol. The number of hydrogen-bond donors (Lipinski definition) is 0. The van der Waals surface area contributed by atoms with Crippen molar-refractivity contribution in [2.24, 2.45) is 0 Å². The highest BCUT2D eigenvalue weighted by Crippen LogP contribution is 2.29.